The molecule has 9 heteroatoms. The number of hydrogen-bond donors (Lipinski definition) is 1. The van der Waals surface area contributed by atoms with Gasteiger partial charge in [0.2, 0.25) is 5.95 Å². The third-order valence-corrected chi connectivity index (χ3v) is 4.25. The van der Waals surface area contributed by atoms with Gasteiger partial charge in [0, 0.05) is 37.8 Å². The maximum absolute atomic E-state index is 13.2. The minimum absolute atomic E-state index is 0.00457. The van der Waals surface area contributed by atoms with E-state index in [4.69, 9.17) is 5.73 Å². The van der Waals surface area contributed by atoms with Crippen LogP contribution in [0.1, 0.15) is 0 Å². The molecule has 2 aliphatic rings. The molecule has 25 heavy (non-hydrogen) atoms. The van der Waals surface area contributed by atoms with Crippen molar-refractivity contribution in [2.24, 2.45) is 0 Å². The van der Waals surface area contributed by atoms with Crippen LogP contribution in [-0.4, -0.2) is 54.4 Å². The lowest BCUT2D eigenvalue weighted by Gasteiger charge is -2.33. The first-order valence-electron chi connectivity index (χ1n) is 7.88. The van der Waals surface area contributed by atoms with E-state index < -0.39 is 6.29 Å². The van der Waals surface area contributed by atoms with Gasteiger partial charge in [-0.15, -0.1) is 8.78 Å². The van der Waals surface area contributed by atoms with Crippen LogP contribution in [0, 0.1) is 0 Å². The lowest BCUT2D eigenvalue weighted by atomic mass is 10.1. The van der Waals surface area contributed by atoms with Crippen molar-refractivity contribution in [2.45, 2.75) is 6.29 Å². The maximum Gasteiger partial charge on any atom is 0.586 e. The van der Waals surface area contributed by atoms with Gasteiger partial charge < -0.3 is 25.0 Å². The zero-order valence-corrected chi connectivity index (χ0v) is 13.6. The first-order valence-corrected chi connectivity index (χ1v) is 7.88. The molecule has 7 nitrogen and oxygen atoms in total. The van der Waals surface area contributed by atoms with E-state index in [1.165, 1.54) is 12.1 Å². The Kier molecular flexibility index (Phi) is 3.60. The van der Waals surface area contributed by atoms with Crippen molar-refractivity contribution in [3.05, 3.63) is 24.3 Å². The summed E-state index contributed by atoms with van der Waals surface area (Å²) in [5, 5.41) is 0. The molecule has 2 aromatic rings. The van der Waals surface area contributed by atoms with Gasteiger partial charge in [0.1, 0.15) is 5.82 Å². The number of alkyl halides is 2. The van der Waals surface area contributed by atoms with Crippen LogP contribution < -0.4 is 20.1 Å². The number of halogens is 2. The Morgan fingerprint density at radius 3 is 2.52 bits per heavy atom. The van der Waals surface area contributed by atoms with E-state index in [1.807, 2.05) is 0 Å². The molecule has 1 aromatic carbocycles. The second kappa shape index (κ2) is 5.69. The van der Waals surface area contributed by atoms with Crippen LogP contribution in [0.4, 0.5) is 20.5 Å². The largest absolute Gasteiger partial charge is 0.586 e. The van der Waals surface area contributed by atoms with E-state index in [0.717, 1.165) is 32.0 Å². The lowest BCUT2D eigenvalue weighted by molar-refractivity contribution is -0.286. The molecular weight excluding hydrogens is 332 g/mol. The lowest BCUT2D eigenvalue weighted by Crippen LogP contribution is -2.44. The summed E-state index contributed by atoms with van der Waals surface area (Å²) in [4.78, 5) is 12.9. The van der Waals surface area contributed by atoms with Crippen LogP contribution in [0.3, 0.4) is 0 Å². The molecule has 4 rings (SSSR count). The second-order valence-electron chi connectivity index (χ2n) is 6.09. The Labute approximate surface area is 143 Å². The molecule has 0 unspecified atom stereocenters. The number of nitrogens with zero attached hydrogens (tertiary/aromatic N) is 4. The highest BCUT2D eigenvalue weighted by molar-refractivity contribution is 5.68. The summed E-state index contributed by atoms with van der Waals surface area (Å²) in [6.07, 6.45) is -3.64. The predicted molar refractivity (Wildman–Crippen MR) is 87.8 cm³/mol. The van der Waals surface area contributed by atoms with Crippen LogP contribution in [0.15, 0.2) is 24.3 Å². The molecule has 2 aliphatic heterocycles. The average Bonchev–Trinajstić information content (AvgIpc) is 2.87. The minimum atomic E-state index is -3.64. The Morgan fingerprint density at radius 2 is 1.76 bits per heavy atom. The van der Waals surface area contributed by atoms with Crippen molar-refractivity contribution in [3.8, 4) is 22.8 Å². The summed E-state index contributed by atoms with van der Waals surface area (Å²) >= 11 is 0. The monoisotopic (exact) mass is 349 g/mol. The van der Waals surface area contributed by atoms with Crippen LogP contribution in [0.2, 0.25) is 0 Å². The Hall–Kier alpha value is -2.68. The van der Waals surface area contributed by atoms with Crippen LogP contribution in [0.5, 0.6) is 11.5 Å². The van der Waals surface area contributed by atoms with E-state index in [1.54, 1.807) is 12.1 Å². The number of rotatable bonds is 2. The van der Waals surface area contributed by atoms with E-state index >= 15 is 0 Å². The molecule has 0 saturated carbocycles. The second-order valence-corrected chi connectivity index (χ2v) is 6.09. The van der Waals surface area contributed by atoms with E-state index in [0.29, 0.717) is 11.3 Å². The Bertz CT molecular complexity index is 809. The molecule has 0 radical (unpaired) electrons. The van der Waals surface area contributed by atoms with Gasteiger partial charge >= 0.3 is 6.29 Å². The molecule has 1 fully saturated rings. The molecule has 0 atom stereocenters. The molecule has 2 N–H and O–H groups in total. The number of anilines is 2. The Balaban J connectivity index is 1.65. The van der Waals surface area contributed by atoms with Crippen molar-refractivity contribution >= 4 is 11.8 Å². The summed E-state index contributed by atoms with van der Waals surface area (Å²) < 4.78 is 35.3. The number of benzene rings is 1. The third-order valence-electron chi connectivity index (χ3n) is 4.25. The van der Waals surface area contributed by atoms with Crippen LogP contribution >= 0.6 is 0 Å². The van der Waals surface area contributed by atoms with Gasteiger partial charge in [-0.3, -0.25) is 0 Å². The number of likely N-dealkylation sites (N-methyl/N-ethyl adjacent to an activating group) is 1. The summed E-state index contributed by atoms with van der Waals surface area (Å²) in [5.74, 6) is 0.823. The normalized spacial score (nSPS) is 19.2. The summed E-state index contributed by atoms with van der Waals surface area (Å²) in [6.45, 7) is 3.52. The standard InChI is InChI=1S/C16H17F2N5O2/c1-22-4-6-23(7-5-22)14-9-11(20-15(19)21-14)10-2-3-12-13(8-10)25-16(17,18)24-12/h2-3,8-9H,4-7H2,1H3,(H2,19,20,21). The average molecular weight is 349 g/mol. The van der Waals surface area contributed by atoms with Gasteiger partial charge in [-0.05, 0) is 25.2 Å². The predicted octanol–water partition coefficient (Wildman–Crippen LogP) is 1.80. The van der Waals surface area contributed by atoms with E-state index in [9.17, 15) is 8.78 Å². The number of piperazine rings is 1. The van der Waals surface area contributed by atoms with Gasteiger partial charge in [-0.25, -0.2) is 4.98 Å². The van der Waals surface area contributed by atoms with Crippen LogP contribution in [0.25, 0.3) is 11.3 Å². The molecule has 0 spiro atoms. The molecule has 1 saturated heterocycles. The molecule has 3 heterocycles. The number of nitrogen functional groups attached to an aromatic ring is 1. The summed E-state index contributed by atoms with van der Waals surface area (Å²) in [7, 11) is 2.07. The van der Waals surface area contributed by atoms with Crippen molar-refractivity contribution in [1.82, 2.24) is 14.9 Å². The smallest absolute Gasteiger partial charge is 0.395 e. The highest BCUT2D eigenvalue weighted by atomic mass is 19.3. The zero-order chi connectivity index (χ0) is 17.6. The first kappa shape index (κ1) is 15.8. The van der Waals surface area contributed by atoms with Crippen molar-refractivity contribution in [2.75, 3.05) is 43.9 Å². The fourth-order valence-electron chi connectivity index (χ4n) is 2.91. The minimum Gasteiger partial charge on any atom is -0.395 e. The van der Waals surface area contributed by atoms with Crippen molar-refractivity contribution in [3.63, 3.8) is 0 Å². The molecule has 132 valence electrons. The Morgan fingerprint density at radius 1 is 1.04 bits per heavy atom. The number of fused-ring (bicyclic) bond motifs is 1. The highest BCUT2D eigenvalue weighted by Gasteiger charge is 2.43. The quantitative estimate of drug-likeness (QED) is 0.886. The number of hydrogen-bond acceptors (Lipinski definition) is 7. The number of nitrogens with two attached hydrogens (primary N) is 1. The summed E-state index contributed by atoms with van der Waals surface area (Å²) in [6, 6.07) is 6.33. The number of aromatic nitrogens is 2. The van der Waals surface area contributed by atoms with Gasteiger partial charge in [0.25, 0.3) is 0 Å². The third kappa shape index (κ3) is 3.14. The molecule has 0 aliphatic carbocycles. The van der Waals surface area contributed by atoms with E-state index in [2.05, 4.69) is 36.3 Å². The van der Waals surface area contributed by atoms with Gasteiger partial charge in [-0.1, -0.05) is 0 Å². The summed E-state index contributed by atoms with van der Waals surface area (Å²) in [5.41, 5.74) is 7.00. The topological polar surface area (TPSA) is 76.7 Å². The zero-order valence-electron chi connectivity index (χ0n) is 13.6. The van der Waals surface area contributed by atoms with E-state index in [-0.39, 0.29) is 17.4 Å². The van der Waals surface area contributed by atoms with Crippen molar-refractivity contribution < 1.29 is 18.3 Å². The van der Waals surface area contributed by atoms with Crippen molar-refractivity contribution in [1.29, 1.82) is 0 Å². The van der Waals surface area contributed by atoms with Gasteiger partial charge in [0.05, 0.1) is 5.69 Å². The maximum atomic E-state index is 13.2. The van der Waals surface area contributed by atoms with Gasteiger partial charge in [-0.2, -0.15) is 4.98 Å². The van der Waals surface area contributed by atoms with Gasteiger partial charge in [0.15, 0.2) is 11.5 Å². The van der Waals surface area contributed by atoms with Crippen LogP contribution in [-0.2, 0) is 0 Å². The molecule has 0 bridgehead atoms. The molecule has 0 amide bonds. The molecular formula is C16H17F2N5O2. The first-order chi connectivity index (χ1) is 11.9. The number of ether oxygens (including phenoxy) is 2. The fraction of sp³-hybridized carbons (Fsp3) is 0.375. The SMILES string of the molecule is CN1CCN(c2cc(-c3ccc4c(c3)OC(F)(F)O4)nc(N)n2)CC1. The fourth-order valence-corrected chi connectivity index (χ4v) is 2.91. The highest BCUT2D eigenvalue weighted by Crippen LogP contribution is 2.42. The molecule has 1 aromatic heterocycles.